The van der Waals surface area contributed by atoms with Gasteiger partial charge < -0.3 is 19.5 Å². The smallest absolute Gasteiger partial charge is 0.241 e. The van der Waals surface area contributed by atoms with Crippen molar-refractivity contribution in [2.24, 2.45) is 0 Å². The Bertz CT molecular complexity index is 1950. The van der Waals surface area contributed by atoms with Crippen molar-refractivity contribution in [2.45, 2.75) is 37.0 Å². The molecule has 9 heteroatoms. The van der Waals surface area contributed by atoms with E-state index in [1.54, 1.807) is 42.3 Å². The summed E-state index contributed by atoms with van der Waals surface area (Å²) in [6, 6.07) is 39.5. The maximum Gasteiger partial charge on any atom is 0.241 e. The van der Waals surface area contributed by atoms with Gasteiger partial charge in [-0.2, -0.15) is 0 Å². The summed E-state index contributed by atoms with van der Waals surface area (Å²) in [4.78, 5) is 42.4. The third-order valence-electron chi connectivity index (χ3n) is 8.51. The molecule has 260 valence electrons. The third kappa shape index (κ3) is 8.80. The Morgan fingerprint density at radius 1 is 0.765 bits per heavy atom. The Balaban J connectivity index is 1.18. The van der Waals surface area contributed by atoms with Crippen molar-refractivity contribution in [2.75, 3.05) is 25.2 Å². The van der Waals surface area contributed by atoms with Crippen molar-refractivity contribution in [1.82, 2.24) is 5.32 Å². The van der Waals surface area contributed by atoms with Crippen LogP contribution in [0.3, 0.4) is 0 Å². The van der Waals surface area contributed by atoms with Gasteiger partial charge in [0, 0.05) is 29.8 Å². The molecule has 1 heterocycles. The molecule has 0 bridgehead atoms. The molecule has 0 radical (unpaired) electrons. The molecule has 0 spiro atoms. The van der Waals surface area contributed by atoms with Gasteiger partial charge in [-0.25, -0.2) is 0 Å². The maximum absolute atomic E-state index is 14.1. The van der Waals surface area contributed by atoms with Gasteiger partial charge in [0.25, 0.3) is 0 Å². The average Bonchev–Trinajstić information content (AvgIpc) is 3.49. The van der Waals surface area contributed by atoms with E-state index < -0.39 is 10.6 Å². The van der Waals surface area contributed by atoms with E-state index in [2.05, 4.69) is 5.32 Å². The fourth-order valence-electron chi connectivity index (χ4n) is 5.93. The van der Waals surface area contributed by atoms with Gasteiger partial charge in [-0.3, -0.25) is 19.3 Å². The molecule has 0 aromatic heterocycles. The molecule has 8 nitrogen and oxygen atoms in total. The minimum absolute atomic E-state index is 0.0181. The molecule has 51 heavy (non-hydrogen) atoms. The van der Waals surface area contributed by atoms with Crippen LogP contribution in [0.5, 0.6) is 17.2 Å². The zero-order valence-electron chi connectivity index (χ0n) is 28.6. The molecule has 0 saturated carbocycles. The van der Waals surface area contributed by atoms with E-state index in [1.165, 1.54) is 11.8 Å². The quantitative estimate of drug-likeness (QED) is 0.111. The first kappa shape index (κ1) is 35.3. The number of rotatable bonds is 15. The van der Waals surface area contributed by atoms with Gasteiger partial charge in [0.2, 0.25) is 11.8 Å². The van der Waals surface area contributed by atoms with Crippen LogP contribution in [0.4, 0.5) is 5.69 Å². The summed E-state index contributed by atoms with van der Waals surface area (Å²) in [5.41, 5.74) is 4.59. The number of nitrogens with one attached hydrogen (secondary N) is 1. The zero-order valence-corrected chi connectivity index (χ0v) is 29.4. The van der Waals surface area contributed by atoms with E-state index in [0.29, 0.717) is 60.2 Å². The van der Waals surface area contributed by atoms with E-state index in [4.69, 9.17) is 14.2 Å². The molecular formula is C42H40N2O6S. The summed E-state index contributed by atoms with van der Waals surface area (Å²) < 4.78 is 17.1. The van der Waals surface area contributed by atoms with Gasteiger partial charge in [-0.15, -0.1) is 11.8 Å². The normalized spacial score (nSPS) is 15.3. The number of carbonyl (C=O) groups excluding carboxylic acids is 3. The molecule has 6 rings (SSSR count). The lowest BCUT2D eigenvalue weighted by molar-refractivity contribution is -0.124. The summed E-state index contributed by atoms with van der Waals surface area (Å²) in [6.07, 6.45) is 0.613. The fourth-order valence-corrected chi connectivity index (χ4v) is 7.38. The summed E-state index contributed by atoms with van der Waals surface area (Å²) in [6.45, 7) is 3.28. The second kappa shape index (κ2) is 16.9. The van der Waals surface area contributed by atoms with E-state index >= 15 is 0 Å². The monoisotopic (exact) mass is 700 g/mol. The first-order valence-electron chi connectivity index (χ1n) is 16.9. The second-order valence-corrected chi connectivity index (χ2v) is 13.3. The Labute approximate surface area is 302 Å². The van der Waals surface area contributed by atoms with Crippen molar-refractivity contribution in [1.29, 1.82) is 0 Å². The average molecular weight is 701 g/mol. The lowest BCUT2D eigenvalue weighted by atomic mass is 10.0. The number of carbonyl (C=O) groups is 3. The predicted molar refractivity (Wildman–Crippen MR) is 201 cm³/mol. The van der Waals surface area contributed by atoms with Crippen molar-refractivity contribution >= 4 is 35.0 Å². The number of thioether (sulfide) groups is 1. The molecule has 1 aliphatic rings. The molecule has 1 aliphatic heterocycles. The van der Waals surface area contributed by atoms with Gasteiger partial charge in [-0.05, 0) is 66.4 Å². The number of benzene rings is 5. The van der Waals surface area contributed by atoms with Crippen LogP contribution in [0.25, 0.3) is 0 Å². The van der Waals surface area contributed by atoms with Crippen molar-refractivity contribution in [3.05, 3.63) is 155 Å². The van der Waals surface area contributed by atoms with Gasteiger partial charge in [0.05, 0.1) is 19.0 Å². The van der Waals surface area contributed by atoms with E-state index in [-0.39, 0.29) is 24.0 Å². The fraction of sp³-hybridized carbons (Fsp3) is 0.214. The number of methoxy groups -OCH3 is 1. The van der Waals surface area contributed by atoms with Crippen LogP contribution in [0.15, 0.2) is 127 Å². The van der Waals surface area contributed by atoms with Crippen LogP contribution in [0.1, 0.15) is 51.3 Å². The largest absolute Gasteiger partial charge is 0.493 e. The number of ketones is 1. The van der Waals surface area contributed by atoms with Crippen molar-refractivity contribution in [3.8, 4) is 17.2 Å². The molecule has 1 N–H and O–H groups in total. The summed E-state index contributed by atoms with van der Waals surface area (Å²) in [5, 5.41) is 1.95. The highest BCUT2D eigenvalue weighted by atomic mass is 32.2. The molecule has 2 atom stereocenters. The van der Waals surface area contributed by atoms with Crippen molar-refractivity contribution < 1.29 is 28.6 Å². The molecule has 5 aromatic carbocycles. The zero-order chi connectivity index (χ0) is 35.6. The molecular weight excluding hydrogens is 661 g/mol. The number of amides is 2. The summed E-state index contributed by atoms with van der Waals surface area (Å²) in [7, 11) is 1.60. The summed E-state index contributed by atoms with van der Waals surface area (Å²) >= 11 is 1.43. The molecule has 5 aromatic rings. The van der Waals surface area contributed by atoms with E-state index in [0.717, 1.165) is 16.7 Å². The highest BCUT2D eigenvalue weighted by molar-refractivity contribution is 8.01. The standard InChI is InChI=1S/C42H40N2O6S/c1-3-49-37-25-29(17-22-36(37)48-2)23-24-43-39(45)27-38-41(47)44(34-16-10-15-33(26-34)40(46)31-13-8-5-9-14-31)42(51-38)32-18-20-35(21-19-32)50-28-30-11-6-4-7-12-30/h4-22,25-26,38,42H,3,23-24,27-28H2,1-2H3,(H,43,45)/t38-,42+/m1/s1. The summed E-state index contributed by atoms with van der Waals surface area (Å²) in [5.74, 6) is 1.50. The van der Waals surface area contributed by atoms with Gasteiger partial charge in [0.1, 0.15) is 17.7 Å². The van der Waals surface area contributed by atoms with Crippen LogP contribution < -0.4 is 24.4 Å². The minimum atomic E-state index is -0.622. The van der Waals surface area contributed by atoms with Gasteiger partial charge >= 0.3 is 0 Å². The Hall–Kier alpha value is -5.54. The van der Waals surface area contributed by atoms with E-state index in [9.17, 15) is 14.4 Å². The maximum atomic E-state index is 14.1. The lowest BCUT2D eigenvalue weighted by Gasteiger charge is -2.25. The first-order valence-corrected chi connectivity index (χ1v) is 17.9. The van der Waals surface area contributed by atoms with Gasteiger partial charge in [0.15, 0.2) is 17.3 Å². The molecule has 1 fully saturated rings. The number of ether oxygens (including phenoxy) is 3. The highest BCUT2D eigenvalue weighted by Gasteiger charge is 2.43. The highest BCUT2D eigenvalue weighted by Crippen LogP contribution is 2.47. The Kier molecular flexibility index (Phi) is 11.7. The number of hydrogen-bond donors (Lipinski definition) is 1. The SMILES string of the molecule is CCOc1cc(CCNC(=O)C[C@H]2S[C@@H](c3ccc(OCc4ccccc4)cc3)N(c3cccc(C(=O)c4ccccc4)c3)C2=O)ccc1OC. The topological polar surface area (TPSA) is 94.2 Å². The second-order valence-electron chi connectivity index (χ2n) is 12.0. The molecule has 0 aliphatic carbocycles. The Morgan fingerprint density at radius 3 is 2.22 bits per heavy atom. The first-order chi connectivity index (χ1) is 24.9. The Morgan fingerprint density at radius 2 is 1.49 bits per heavy atom. The predicted octanol–water partition coefficient (Wildman–Crippen LogP) is 7.80. The number of anilines is 1. The van der Waals surface area contributed by atoms with E-state index in [1.807, 2.05) is 104 Å². The third-order valence-corrected chi connectivity index (χ3v) is 9.95. The van der Waals surface area contributed by atoms with Gasteiger partial charge in [-0.1, -0.05) is 91.0 Å². The van der Waals surface area contributed by atoms with Crippen LogP contribution in [-0.2, 0) is 22.6 Å². The number of nitrogens with zero attached hydrogens (tertiary/aromatic N) is 1. The minimum Gasteiger partial charge on any atom is -0.493 e. The van der Waals surface area contributed by atoms with Crippen molar-refractivity contribution in [3.63, 3.8) is 0 Å². The molecule has 1 saturated heterocycles. The number of hydrogen-bond acceptors (Lipinski definition) is 7. The van der Waals surface area contributed by atoms with Crippen LogP contribution in [-0.4, -0.2) is 43.1 Å². The van der Waals surface area contributed by atoms with Crippen LogP contribution in [0, 0.1) is 0 Å². The van der Waals surface area contributed by atoms with Crippen LogP contribution in [0.2, 0.25) is 0 Å². The lowest BCUT2D eigenvalue weighted by Crippen LogP contribution is -2.34. The molecule has 2 amide bonds. The van der Waals surface area contributed by atoms with Crippen LogP contribution >= 0.6 is 11.8 Å². The molecule has 0 unspecified atom stereocenters.